The first-order valence-electron chi connectivity index (χ1n) is 11.8. The van der Waals surface area contributed by atoms with Crippen molar-refractivity contribution in [2.24, 2.45) is 0 Å². The largest absolute Gasteiger partial charge is 0.389 e. The van der Waals surface area contributed by atoms with Crippen LogP contribution in [0.5, 0.6) is 0 Å². The summed E-state index contributed by atoms with van der Waals surface area (Å²) in [6.45, 7) is 0.751. The number of amides is 1. The van der Waals surface area contributed by atoms with Gasteiger partial charge in [0.05, 0.1) is 41.8 Å². The van der Waals surface area contributed by atoms with Crippen LogP contribution in [0.15, 0.2) is 41.6 Å². The van der Waals surface area contributed by atoms with Crippen LogP contribution in [0.2, 0.25) is 0 Å². The number of ether oxygens (including phenoxy) is 2. The molecule has 0 unspecified atom stereocenters. The Balaban J connectivity index is 1.73. The van der Waals surface area contributed by atoms with Crippen LogP contribution in [0.25, 0.3) is 11.3 Å². The van der Waals surface area contributed by atoms with Gasteiger partial charge in [0.25, 0.3) is 5.91 Å². The topological polar surface area (TPSA) is 128 Å². The van der Waals surface area contributed by atoms with Crippen molar-refractivity contribution in [3.63, 3.8) is 0 Å². The first kappa shape index (κ1) is 29.0. The van der Waals surface area contributed by atoms with Crippen LogP contribution in [-0.2, 0) is 30.5 Å². The summed E-state index contributed by atoms with van der Waals surface area (Å²) in [5.41, 5.74) is 2.91. The number of nitrogens with one attached hydrogen (secondary N) is 1. The van der Waals surface area contributed by atoms with Crippen molar-refractivity contribution >= 4 is 15.7 Å². The van der Waals surface area contributed by atoms with E-state index in [1.165, 1.54) is 42.1 Å². The van der Waals surface area contributed by atoms with Gasteiger partial charge in [0.2, 0.25) is 0 Å². The van der Waals surface area contributed by atoms with Crippen LogP contribution >= 0.6 is 0 Å². The molecule has 204 valence electrons. The molecule has 2 N–H and O–H groups in total. The third-order valence-corrected chi connectivity index (χ3v) is 8.99. The smallest absolute Gasteiger partial charge is 0.382 e. The molecule has 1 aromatic carbocycles. The minimum absolute atomic E-state index is 0.0254. The molecule has 37 heavy (non-hydrogen) atoms. The van der Waals surface area contributed by atoms with Gasteiger partial charge in [-0.05, 0) is 50.7 Å². The zero-order valence-corrected chi connectivity index (χ0v) is 21.1. The average Bonchev–Trinajstić information content (AvgIpc) is 2.88. The number of methoxy groups -OCH3 is 1. The fourth-order valence-corrected chi connectivity index (χ4v) is 6.38. The molecule has 3 rings (SSSR count). The number of hydrogen-bond acceptors (Lipinski definition) is 8. The van der Waals surface area contributed by atoms with Crippen molar-refractivity contribution in [2.75, 3.05) is 20.3 Å². The molecule has 0 saturated heterocycles. The Morgan fingerprint density at radius 3 is 2.35 bits per heavy atom. The quantitative estimate of drug-likeness (QED) is 0.249. The summed E-state index contributed by atoms with van der Waals surface area (Å²) in [5, 5.41) is 9.33. The monoisotopic (exact) mass is 545 g/mol. The molecule has 1 heterocycles. The average molecular weight is 546 g/mol. The molecule has 0 spiro atoms. The summed E-state index contributed by atoms with van der Waals surface area (Å²) in [6.07, 6.45) is -1.90. The lowest BCUT2D eigenvalue weighted by molar-refractivity contribution is -0.135. The van der Waals surface area contributed by atoms with E-state index in [0.717, 1.165) is 0 Å². The van der Waals surface area contributed by atoms with Gasteiger partial charge in [-0.25, -0.2) is 13.9 Å². The van der Waals surface area contributed by atoms with E-state index in [-0.39, 0.29) is 36.7 Å². The summed E-state index contributed by atoms with van der Waals surface area (Å²) < 4.78 is 72.9. The van der Waals surface area contributed by atoms with Crippen molar-refractivity contribution in [3.8, 4) is 11.3 Å². The molecular formula is C24H30F3N3O6S. The molecular weight excluding hydrogens is 515 g/mol. The van der Waals surface area contributed by atoms with E-state index in [1.54, 1.807) is 7.11 Å². The van der Waals surface area contributed by atoms with E-state index in [2.05, 4.69) is 9.97 Å². The van der Waals surface area contributed by atoms with Gasteiger partial charge in [-0.15, -0.1) is 0 Å². The van der Waals surface area contributed by atoms with E-state index in [1.807, 2.05) is 0 Å². The Labute approximate surface area is 213 Å². The van der Waals surface area contributed by atoms with Crippen LogP contribution < -0.4 is 5.48 Å². The van der Waals surface area contributed by atoms with Crippen LogP contribution in [-0.4, -0.2) is 66.9 Å². The Morgan fingerprint density at radius 1 is 1.14 bits per heavy atom. The number of benzene rings is 1. The molecule has 0 bridgehead atoms. The summed E-state index contributed by atoms with van der Waals surface area (Å²) in [6, 6.07) is 5.75. The molecule has 9 nitrogen and oxygen atoms in total. The van der Waals surface area contributed by atoms with Gasteiger partial charge < -0.3 is 9.47 Å². The van der Waals surface area contributed by atoms with Crippen molar-refractivity contribution < 1.29 is 41.1 Å². The predicted molar refractivity (Wildman–Crippen MR) is 126 cm³/mol. The molecule has 1 aromatic heterocycles. The Bertz CT molecular complexity index is 1130. The van der Waals surface area contributed by atoms with Gasteiger partial charge in [0.1, 0.15) is 0 Å². The van der Waals surface area contributed by atoms with Gasteiger partial charge in [-0.3, -0.25) is 20.0 Å². The predicted octanol–water partition coefficient (Wildman–Crippen LogP) is 3.65. The second kappa shape index (κ2) is 12.3. The van der Waals surface area contributed by atoms with E-state index >= 15 is 0 Å². The van der Waals surface area contributed by atoms with Crippen molar-refractivity contribution in [1.82, 2.24) is 15.4 Å². The molecule has 13 heteroatoms. The molecule has 1 amide bonds. The molecule has 0 atom stereocenters. The zero-order valence-electron chi connectivity index (χ0n) is 20.3. The minimum atomic E-state index is -4.22. The lowest BCUT2D eigenvalue weighted by Gasteiger charge is -2.37. The molecule has 2 aromatic rings. The van der Waals surface area contributed by atoms with E-state index in [4.69, 9.17) is 9.47 Å². The fraction of sp³-hybridized carbons (Fsp3) is 0.542. The third-order valence-electron chi connectivity index (χ3n) is 6.47. The second-order valence-corrected chi connectivity index (χ2v) is 11.1. The number of nitrogens with zero attached hydrogens (tertiary/aromatic N) is 2. The van der Waals surface area contributed by atoms with E-state index < -0.39 is 33.1 Å². The van der Waals surface area contributed by atoms with E-state index in [9.17, 15) is 31.6 Å². The number of hydrogen-bond donors (Lipinski definition) is 2. The Morgan fingerprint density at radius 2 is 1.81 bits per heavy atom. The number of halogens is 3. The SMILES string of the molecule is COCCOC1CCC(C(=O)NO)(S(=O)(=O)c2ccc(-c3cnc(CCCC(F)(F)F)cn3)cc2)CC1. The fourth-order valence-electron chi connectivity index (χ4n) is 4.38. The maximum Gasteiger partial charge on any atom is 0.389 e. The van der Waals surface area contributed by atoms with Crippen LogP contribution in [0.1, 0.15) is 44.2 Å². The van der Waals surface area contributed by atoms with Crippen molar-refractivity contribution in [2.45, 2.75) is 66.9 Å². The molecule has 1 fully saturated rings. The van der Waals surface area contributed by atoms with Gasteiger partial charge >= 0.3 is 6.18 Å². The van der Waals surface area contributed by atoms with Crippen molar-refractivity contribution in [3.05, 3.63) is 42.4 Å². The first-order chi connectivity index (χ1) is 17.5. The normalized spacial score (nSPS) is 20.5. The van der Waals surface area contributed by atoms with Gasteiger partial charge in [-0.2, -0.15) is 13.2 Å². The maximum absolute atomic E-state index is 13.6. The number of carbonyl (C=O) groups is 1. The molecule has 1 saturated carbocycles. The lowest BCUT2D eigenvalue weighted by atomic mass is 9.86. The standard InChI is InChI=1S/C24H30F3N3O6S/c1-35-13-14-36-19-8-11-23(12-9-19,22(31)30-32)37(33,34)20-6-4-17(5-7-20)21-16-28-18(15-29-21)3-2-10-24(25,26)27/h4-7,15-16,19,32H,2-3,8-14H2,1H3,(H,30,31). The van der Waals surface area contributed by atoms with Crippen molar-refractivity contribution in [1.29, 1.82) is 0 Å². The first-order valence-corrected chi connectivity index (χ1v) is 13.3. The summed E-state index contributed by atoms with van der Waals surface area (Å²) in [4.78, 5) is 20.9. The highest BCUT2D eigenvalue weighted by Gasteiger charge is 2.53. The van der Waals surface area contributed by atoms with Gasteiger partial charge in [-0.1, -0.05) is 12.1 Å². The Hall–Kier alpha value is -2.61. The second-order valence-electron chi connectivity index (χ2n) is 8.89. The highest BCUT2D eigenvalue weighted by molar-refractivity contribution is 7.93. The lowest BCUT2D eigenvalue weighted by Crippen LogP contribution is -2.54. The van der Waals surface area contributed by atoms with Crippen LogP contribution in [0, 0.1) is 0 Å². The highest BCUT2D eigenvalue weighted by atomic mass is 32.2. The third kappa shape index (κ3) is 7.03. The van der Waals surface area contributed by atoms with Crippen LogP contribution in [0.4, 0.5) is 13.2 Å². The number of alkyl halides is 3. The number of hydroxylamine groups is 1. The molecule has 0 radical (unpaired) electrons. The minimum Gasteiger partial charge on any atom is -0.382 e. The summed E-state index contributed by atoms with van der Waals surface area (Å²) >= 11 is 0. The maximum atomic E-state index is 13.6. The highest BCUT2D eigenvalue weighted by Crippen LogP contribution is 2.40. The zero-order chi connectivity index (χ0) is 27.1. The van der Waals surface area contributed by atoms with Gasteiger partial charge in [0, 0.05) is 25.3 Å². The summed E-state index contributed by atoms with van der Waals surface area (Å²) in [7, 11) is -2.65. The number of sulfone groups is 1. The van der Waals surface area contributed by atoms with Gasteiger partial charge in [0.15, 0.2) is 14.6 Å². The molecule has 0 aliphatic heterocycles. The molecule has 1 aliphatic carbocycles. The van der Waals surface area contributed by atoms with E-state index in [0.29, 0.717) is 43.0 Å². The number of aromatic nitrogens is 2. The number of carbonyl (C=O) groups excluding carboxylic acids is 1. The summed E-state index contributed by atoms with van der Waals surface area (Å²) in [5.74, 6) is -0.987. The number of rotatable bonds is 11. The Kier molecular flexibility index (Phi) is 9.62. The number of aryl methyl sites for hydroxylation is 1. The van der Waals surface area contributed by atoms with Crippen LogP contribution in [0.3, 0.4) is 0 Å². The molecule has 1 aliphatic rings.